The number of fused-ring (bicyclic) bond motifs is 3. The molecular formula is C28H34N2O5. The van der Waals surface area contributed by atoms with Gasteiger partial charge in [0.25, 0.3) is 0 Å². The number of rotatable bonds is 9. The van der Waals surface area contributed by atoms with E-state index in [0.717, 1.165) is 22.3 Å². The highest BCUT2D eigenvalue weighted by Gasteiger charge is 2.47. The molecule has 0 bridgehead atoms. The van der Waals surface area contributed by atoms with Gasteiger partial charge in [0.1, 0.15) is 6.61 Å². The summed E-state index contributed by atoms with van der Waals surface area (Å²) in [6.45, 7) is 7.21. The van der Waals surface area contributed by atoms with E-state index in [2.05, 4.69) is 34.9 Å². The second-order valence-electron chi connectivity index (χ2n) is 10.7. The number of hydrogen-bond acceptors (Lipinski definition) is 4. The molecule has 0 aliphatic heterocycles. The van der Waals surface area contributed by atoms with Gasteiger partial charge in [-0.25, -0.2) is 4.79 Å². The summed E-state index contributed by atoms with van der Waals surface area (Å²) < 4.78 is 5.64. The fourth-order valence-corrected chi connectivity index (χ4v) is 5.19. The van der Waals surface area contributed by atoms with Crippen molar-refractivity contribution in [1.82, 2.24) is 10.6 Å². The number of nitrogens with one attached hydrogen (secondary N) is 2. The molecule has 4 rings (SSSR count). The zero-order chi connectivity index (χ0) is 25.4. The third-order valence-electron chi connectivity index (χ3n) is 7.38. The molecule has 0 aromatic heterocycles. The Bertz CT molecular complexity index is 1090. The summed E-state index contributed by atoms with van der Waals surface area (Å²) in [7, 11) is 0. The molecule has 1 unspecified atom stereocenters. The molecule has 7 heteroatoms. The molecule has 0 spiro atoms. The summed E-state index contributed by atoms with van der Waals surface area (Å²) in [5.41, 5.74) is 2.86. The van der Waals surface area contributed by atoms with Crippen molar-refractivity contribution in [3.63, 3.8) is 0 Å². The Kier molecular flexibility index (Phi) is 6.62. The molecule has 2 aromatic carbocycles. The first-order chi connectivity index (χ1) is 16.5. The molecule has 3 N–H and O–H groups in total. The number of alkyl carbamates (subject to hydrolysis) is 1. The Hall–Kier alpha value is -3.35. The zero-order valence-corrected chi connectivity index (χ0v) is 20.8. The first-order valence-electron chi connectivity index (χ1n) is 12.2. The molecule has 2 amide bonds. The van der Waals surface area contributed by atoms with Crippen LogP contribution in [0.15, 0.2) is 48.5 Å². The van der Waals surface area contributed by atoms with Crippen LogP contribution in [0.25, 0.3) is 11.1 Å². The lowest BCUT2D eigenvalue weighted by molar-refractivity contribution is -0.150. The third-order valence-corrected chi connectivity index (χ3v) is 7.38. The Morgan fingerprint density at radius 2 is 1.57 bits per heavy atom. The standard InChI is InChI=1S/C28H34N2O5/c1-17(2)24(27(3,4)25(32)33)29-23(31)15-28(13-14-28)30-26(34)35-16-22-20-11-7-5-9-18(20)19-10-6-8-12-21(19)22/h5-12,17,22,24H,13-16H2,1-4H3,(H,29,31)(H,30,34)(H,32,33). The van der Waals surface area contributed by atoms with Gasteiger partial charge in [0.05, 0.1) is 11.0 Å². The Morgan fingerprint density at radius 1 is 1.03 bits per heavy atom. The van der Waals surface area contributed by atoms with Crippen LogP contribution in [0, 0.1) is 11.3 Å². The van der Waals surface area contributed by atoms with Gasteiger partial charge in [-0.15, -0.1) is 0 Å². The molecule has 1 fully saturated rings. The van der Waals surface area contributed by atoms with E-state index in [1.165, 1.54) is 0 Å². The second kappa shape index (κ2) is 9.36. The summed E-state index contributed by atoms with van der Waals surface area (Å²) in [5.74, 6) is -1.32. The number of carboxylic acids is 1. The van der Waals surface area contributed by atoms with Crippen LogP contribution in [0.5, 0.6) is 0 Å². The molecule has 2 aliphatic carbocycles. The molecule has 0 saturated heterocycles. The molecule has 2 aliphatic rings. The van der Waals surface area contributed by atoms with Crippen molar-refractivity contribution in [3.8, 4) is 11.1 Å². The van der Waals surface area contributed by atoms with Gasteiger partial charge >= 0.3 is 12.1 Å². The van der Waals surface area contributed by atoms with Crippen molar-refractivity contribution in [1.29, 1.82) is 0 Å². The minimum absolute atomic E-state index is 0.0309. The topological polar surface area (TPSA) is 105 Å². The minimum Gasteiger partial charge on any atom is -0.481 e. The lowest BCUT2D eigenvalue weighted by atomic mass is 9.78. The fraction of sp³-hybridized carbons (Fsp3) is 0.464. The van der Waals surface area contributed by atoms with Crippen LogP contribution < -0.4 is 10.6 Å². The maximum Gasteiger partial charge on any atom is 0.407 e. The molecule has 2 aromatic rings. The summed E-state index contributed by atoms with van der Waals surface area (Å²) in [6, 6.07) is 15.8. The average Bonchev–Trinajstić information content (AvgIpc) is 3.47. The van der Waals surface area contributed by atoms with E-state index in [-0.39, 0.29) is 30.8 Å². The molecule has 1 saturated carbocycles. The van der Waals surface area contributed by atoms with Gasteiger partial charge in [0.2, 0.25) is 5.91 Å². The van der Waals surface area contributed by atoms with Gasteiger partial charge in [-0.1, -0.05) is 62.4 Å². The average molecular weight is 479 g/mol. The zero-order valence-electron chi connectivity index (χ0n) is 20.8. The minimum atomic E-state index is -1.11. The quantitative estimate of drug-likeness (QED) is 0.485. The van der Waals surface area contributed by atoms with E-state index in [1.54, 1.807) is 13.8 Å². The van der Waals surface area contributed by atoms with Crippen molar-refractivity contribution in [2.24, 2.45) is 11.3 Å². The van der Waals surface area contributed by atoms with Gasteiger partial charge < -0.3 is 20.5 Å². The van der Waals surface area contributed by atoms with Crippen molar-refractivity contribution in [2.75, 3.05) is 6.61 Å². The summed E-state index contributed by atoms with van der Waals surface area (Å²) in [6.07, 6.45) is 0.915. The molecule has 186 valence electrons. The van der Waals surface area contributed by atoms with Crippen LogP contribution in [-0.4, -0.2) is 41.3 Å². The van der Waals surface area contributed by atoms with Gasteiger partial charge in [0, 0.05) is 18.4 Å². The highest BCUT2D eigenvalue weighted by Crippen LogP contribution is 2.45. The van der Waals surface area contributed by atoms with Crippen molar-refractivity contribution < 1.29 is 24.2 Å². The summed E-state index contributed by atoms with van der Waals surface area (Å²) >= 11 is 0. The van der Waals surface area contributed by atoms with Gasteiger partial charge in [-0.2, -0.15) is 0 Å². The maximum absolute atomic E-state index is 12.8. The van der Waals surface area contributed by atoms with Crippen LogP contribution >= 0.6 is 0 Å². The van der Waals surface area contributed by atoms with Crippen LogP contribution in [-0.2, 0) is 14.3 Å². The van der Waals surface area contributed by atoms with E-state index in [9.17, 15) is 19.5 Å². The molecular weight excluding hydrogens is 444 g/mol. The van der Waals surface area contributed by atoms with Crippen molar-refractivity contribution in [3.05, 3.63) is 59.7 Å². The van der Waals surface area contributed by atoms with E-state index >= 15 is 0 Å². The Labute approximate surface area is 206 Å². The van der Waals surface area contributed by atoms with Gasteiger partial charge in [-0.3, -0.25) is 9.59 Å². The number of ether oxygens (including phenoxy) is 1. The molecule has 0 radical (unpaired) electrons. The maximum atomic E-state index is 12.8. The van der Waals surface area contributed by atoms with E-state index in [0.29, 0.717) is 12.8 Å². The second-order valence-corrected chi connectivity index (χ2v) is 10.7. The van der Waals surface area contributed by atoms with Crippen LogP contribution in [0.4, 0.5) is 4.79 Å². The smallest absolute Gasteiger partial charge is 0.407 e. The monoisotopic (exact) mass is 478 g/mol. The van der Waals surface area contributed by atoms with Gasteiger partial charge in [-0.05, 0) is 54.9 Å². The predicted octanol–water partition coefficient (Wildman–Crippen LogP) is 4.70. The molecule has 1 atom stereocenters. The highest BCUT2D eigenvalue weighted by molar-refractivity contribution is 5.82. The number of hydrogen-bond donors (Lipinski definition) is 3. The van der Waals surface area contributed by atoms with E-state index in [1.807, 2.05) is 38.1 Å². The van der Waals surface area contributed by atoms with Crippen LogP contribution in [0.2, 0.25) is 0 Å². The number of carbonyl (C=O) groups excluding carboxylic acids is 2. The third kappa shape index (κ3) is 5.04. The SMILES string of the molecule is CC(C)C(NC(=O)CC1(NC(=O)OCC2c3ccccc3-c3ccccc32)CC1)C(C)(C)C(=O)O. The van der Waals surface area contributed by atoms with E-state index in [4.69, 9.17) is 4.74 Å². The normalized spacial score (nSPS) is 16.7. The number of aliphatic carboxylic acids is 1. The van der Waals surface area contributed by atoms with Crippen molar-refractivity contribution in [2.45, 2.75) is 64.5 Å². The Morgan fingerprint density at radius 3 is 2.06 bits per heavy atom. The lowest BCUT2D eigenvalue weighted by Gasteiger charge is -2.34. The summed E-state index contributed by atoms with van der Waals surface area (Å²) in [4.78, 5) is 37.2. The number of carbonyl (C=O) groups is 3. The lowest BCUT2D eigenvalue weighted by Crippen LogP contribution is -2.53. The number of amides is 2. The first kappa shape index (κ1) is 24.8. The molecule has 0 heterocycles. The highest BCUT2D eigenvalue weighted by atomic mass is 16.5. The van der Waals surface area contributed by atoms with Crippen LogP contribution in [0.3, 0.4) is 0 Å². The number of benzene rings is 2. The van der Waals surface area contributed by atoms with E-state index < -0.39 is 29.1 Å². The van der Waals surface area contributed by atoms with Crippen molar-refractivity contribution >= 4 is 18.0 Å². The summed E-state index contributed by atoms with van der Waals surface area (Å²) in [5, 5.41) is 15.4. The van der Waals surface area contributed by atoms with Gasteiger partial charge in [0.15, 0.2) is 0 Å². The number of carboxylic acid groups (broad SMARTS) is 1. The molecule has 7 nitrogen and oxygen atoms in total. The molecule has 35 heavy (non-hydrogen) atoms. The predicted molar refractivity (Wildman–Crippen MR) is 133 cm³/mol. The van der Waals surface area contributed by atoms with Crippen LogP contribution in [0.1, 0.15) is 64.0 Å². The Balaban J connectivity index is 1.35. The largest absolute Gasteiger partial charge is 0.481 e. The fourth-order valence-electron chi connectivity index (χ4n) is 5.19. The first-order valence-corrected chi connectivity index (χ1v) is 12.2.